The van der Waals surface area contributed by atoms with Gasteiger partial charge in [0.05, 0.1) is 6.04 Å². The first-order valence-electron chi connectivity index (χ1n) is 15.7. The van der Waals surface area contributed by atoms with Crippen molar-refractivity contribution >= 4 is 41.5 Å². The highest BCUT2D eigenvalue weighted by Crippen LogP contribution is 2.12. The molecule has 0 aliphatic heterocycles. The maximum absolute atomic E-state index is 13.5. The predicted molar refractivity (Wildman–Crippen MR) is 176 cm³/mol. The smallest absolute Gasteiger partial charge is 0.326 e. The fraction of sp³-hybridized carbons (Fsp3) is 0.581. The van der Waals surface area contributed by atoms with Crippen LogP contribution in [0.25, 0.3) is 0 Å². The zero-order chi connectivity index (χ0) is 36.6. The molecule has 17 heteroatoms. The number of nitrogens with one attached hydrogen (secondary N) is 4. The van der Waals surface area contributed by atoms with Crippen LogP contribution in [-0.2, 0) is 35.2 Å². The van der Waals surface area contributed by atoms with E-state index >= 15 is 0 Å². The molecule has 4 amide bonds. The van der Waals surface area contributed by atoms with E-state index < -0.39 is 78.1 Å². The number of aliphatic carboxylic acids is 2. The van der Waals surface area contributed by atoms with Crippen LogP contribution in [0.3, 0.4) is 0 Å². The first-order valence-corrected chi connectivity index (χ1v) is 15.7. The van der Waals surface area contributed by atoms with Crippen LogP contribution in [-0.4, -0.2) is 93.6 Å². The van der Waals surface area contributed by atoms with Crippen molar-refractivity contribution in [3.05, 3.63) is 29.8 Å². The van der Waals surface area contributed by atoms with Crippen molar-refractivity contribution in [2.24, 2.45) is 34.0 Å². The number of guanidine groups is 1. The van der Waals surface area contributed by atoms with Crippen LogP contribution < -0.4 is 38.5 Å². The number of amides is 4. The Bertz CT molecular complexity index is 1280. The number of nitrogens with two attached hydrogens (primary N) is 3. The van der Waals surface area contributed by atoms with E-state index in [4.69, 9.17) is 17.2 Å². The van der Waals surface area contributed by atoms with E-state index in [0.717, 1.165) is 0 Å². The summed E-state index contributed by atoms with van der Waals surface area (Å²) in [7, 11) is 0. The summed E-state index contributed by atoms with van der Waals surface area (Å²) >= 11 is 0. The largest absolute Gasteiger partial charge is 0.508 e. The molecule has 0 aliphatic carbocycles. The molecule has 0 bridgehead atoms. The molecule has 0 saturated carbocycles. The topological polar surface area (TPSA) is 302 Å². The van der Waals surface area contributed by atoms with Crippen molar-refractivity contribution in [2.45, 2.75) is 96.4 Å². The molecule has 0 aliphatic rings. The number of hydrogen-bond acceptors (Lipinski definition) is 9. The van der Waals surface area contributed by atoms with Gasteiger partial charge in [0.1, 0.15) is 29.9 Å². The minimum atomic E-state index is -1.45. The van der Waals surface area contributed by atoms with E-state index in [1.165, 1.54) is 12.1 Å². The molecular weight excluding hydrogens is 628 g/mol. The van der Waals surface area contributed by atoms with Gasteiger partial charge in [0.25, 0.3) is 0 Å². The number of benzene rings is 1. The lowest BCUT2D eigenvalue weighted by atomic mass is 10.0. The van der Waals surface area contributed by atoms with Crippen molar-refractivity contribution in [3.63, 3.8) is 0 Å². The number of hydrogen-bond donors (Lipinski definition) is 10. The van der Waals surface area contributed by atoms with Crippen LogP contribution in [0, 0.1) is 11.8 Å². The minimum absolute atomic E-state index is 0.0245. The number of phenolic OH excluding ortho intramolecular Hbond substituents is 1. The Kier molecular flexibility index (Phi) is 17.4. The van der Waals surface area contributed by atoms with Gasteiger partial charge in [-0.25, -0.2) is 4.79 Å². The second-order valence-corrected chi connectivity index (χ2v) is 12.2. The highest BCUT2D eigenvalue weighted by atomic mass is 16.4. The van der Waals surface area contributed by atoms with E-state index in [1.54, 1.807) is 26.0 Å². The van der Waals surface area contributed by atoms with E-state index in [-0.39, 0.29) is 56.3 Å². The Balaban J connectivity index is 3.20. The Hall–Kier alpha value is -4.93. The second kappa shape index (κ2) is 20.3. The van der Waals surface area contributed by atoms with Crippen LogP contribution in [0.4, 0.5) is 0 Å². The molecule has 0 radical (unpaired) electrons. The molecular formula is C31H50N8O9. The van der Waals surface area contributed by atoms with Gasteiger partial charge in [0, 0.05) is 13.0 Å². The number of carboxylic acids is 2. The fourth-order valence-electron chi connectivity index (χ4n) is 4.58. The van der Waals surface area contributed by atoms with Crippen molar-refractivity contribution in [2.75, 3.05) is 6.54 Å². The van der Waals surface area contributed by atoms with Gasteiger partial charge in [-0.3, -0.25) is 29.0 Å². The average Bonchev–Trinajstić information content (AvgIpc) is 2.98. The number of nitrogens with zero attached hydrogens (tertiary/aromatic N) is 1. The summed E-state index contributed by atoms with van der Waals surface area (Å²) in [6.45, 7) is 6.90. The zero-order valence-electron chi connectivity index (χ0n) is 27.8. The highest BCUT2D eigenvalue weighted by molar-refractivity contribution is 5.95. The monoisotopic (exact) mass is 678 g/mol. The number of carbonyl (C=O) groups is 6. The lowest BCUT2D eigenvalue weighted by Crippen LogP contribution is -2.59. The van der Waals surface area contributed by atoms with Gasteiger partial charge in [-0.15, -0.1) is 0 Å². The molecule has 0 spiro atoms. The van der Waals surface area contributed by atoms with Gasteiger partial charge in [0.15, 0.2) is 5.96 Å². The summed E-state index contributed by atoms with van der Waals surface area (Å²) in [5.41, 5.74) is 17.5. The van der Waals surface area contributed by atoms with Crippen molar-refractivity contribution < 1.29 is 44.1 Å². The Morgan fingerprint density at radius 1 is 0.771 bits per heavy atom. The van der Waals surface area contributed by atoms with Crippen LogP contribution in [0.1, 0.15) is 65.4 Å². The van der Waals surface area contributed by atoms with Crippen molar-refractivity contribution in [3.8, 4) is 5.75 Å². The number of rotatable bonds is 21. The third-order valence-corrected chi connectivity index (χ3v) is 7.16. The maximum Gasteiger partial charge on any atom is 0.326 e. The van der Waals surface area contributed by atoms with Crippen molar-refractivity contribution in [1.29, 1.82) is 0 Å². The van der Waals surface area contributed by atoms with Crippen LogP contribution in [0.15, 0.2) is 29.3 Å². The van der Waals surface area contributed by atoms with E-state index in [9.17, 15) is 44.1 Å². The Morgan fingerprint density at radius 2 is 1.29 bits per heavy atom. The summed E-state index contributed by atoms with van der Waals surface area (Å²) < 4.78 is 0. The molecule has 1 aromatic carbocycles. The molecule has 268 valence electrons. The fourth-order valence-corrected chi connectivity index (χ4v) is 4.58. The molecule has 48 heavy (non-hydrogen) atoms. The van der Waals surface area contributed by atoms with Crippen LogP contribution >= 0.6 is 0 Å². The molecule has 17 nitrogen and oxygen atoms in total. The lowest BCUT2D eigenvalue weighted by Gasteiger charge is -2.27. The summed E-state index contributed by atoms with van der Waals surface area (Å²) in [4.78, 5) is 80.1. The van der Waals surface area contributed by atoms with Gasteiger partial charge >= 0.3 is 11.9 Å². The highest BCUT2D eigenvalue weighted by Gasteiger charge is 2.33. The average molecular weight is 679 g/mol. The van der Waals surface area contributed by atoms with Gasteiger partial charge in [0.2, 0.25) is 23.6 Å². The van der Waals surface area contributed by atoms with E-state index in [0.29, 0.717) is 5.56 Å². The van der Waals surface area contributed by atoms with Gasteiger partial charge in [-0.05, 0) is 61.6 Å². The second-order valence-electron chi connectivity index (χ2n) is 12.2. The third-order valence-electron chi connectivity index (χ3n) is 7.16. The number of phenols is 1. The van der Waals surface area contributed by atoms with Crippen LogP contribution in [0.2, 0.25) is 0 Å². The van der Waals surface area contributed by atoms with E-state index in [1.807, 2.05) is 13.8 Å². The molecule has 5 atom stereocenters. The van der Waals surface area contributed by atoms with Crippen molar-refractivity contribution in [1.82, 2.24) is 21.3 Å². The Labute approximate surface area is 279 Å². The summed E-state index contributed by atoms with van der Waals surface area (Å²) in [5, 5.41) is 38.3. The molecule has 1 aromatic rings. The lowest BCUT2D eigenvalue weighted by molar-refractivity contribution is -0.143. The van der Waals surface area contributed by atoms with Gasteiger partial charge < -0.3 is 53.8 Å². The van der Waals surface area contributed by atoms with Crippen LogP contribution in [0.5, 0.6) is 5.75 Å². The number of aromatic hydroxyl groups is 1. The number of carboxylic acid groups (broad SMARTS) is 2. The van der Waals surface area contributed by atoms with E-state index in [2.05, 4.69) is 26.3 Å². The molecule has 0 aromatic heterocycles. The third kappa shape index (κ3) is 15.6. The summed E-state index contributed by atoms with van der Waals surface area (Å²) in [6.07, 6.45) is -0.442. The zero-order valence-corrected chi connectivity index (χ0v) is 27.8. The molecule has 0 unspecified atom stereocenters. The minimum Gasteiger partial charge on any atom is -0.508 e. The Morgan fingerprint density at radius 3 is 1.79 bits per heavy atom. The number of aliphatic imine (C=N–C) groups is 1. The number of carbonyl (C=O) groups excluding carboxylic acids is 4. The molecule has 1 rings (SSSR count). The SMILES string of the molecule is CC(C)C[C@H](NC(=O)[C@@H](N)Cc1ccc(O)cc1)C(=O)N[C@@H](CCC(=O)O)C(=O)N[C@@H](CCCN=C(N)N)C(=O)N[C@H](C(=O)O)C(C)C. The van der Waals surface area contributed by atoms with Gasteiger partial charge in [-0.1, -0.05) is 39.8 Å². The first-order chi connectivity index (χ1) is 22.4. The predicted octanol–water partition coefficient (Wildman–Crippen LogP) is -1.09. The molecule has 0 saturated heterocycles. The summed E-state index contributed by atoms with van der Waals surface area (Å²) in [6, 6.07) is -0.102. The van der Waals surface area contributed by atoms with Gasteiger partial charge in [-0.2, -0.15) is 0 Å². The summed E-state index contributed by atoms with van der Waals surface area (Å²) in [5.74, 6) is -6.40. The normalized spacial score (nSPS) is 14.1. The maximum atomic E-state index is 13.5. The standard InChI is InChI=1S/C31H50N8O9/c1-16(2)14-23(38-26(43)20(32)15-18-7-9-19(40)10-8-18)29(46)37-22(11-12-24(41)42)27(44)36-21(6-5-13-35-31(33)34)28(45)39-25(17(3)4)30(47)48/h7-10,16-17,20-23,25,40H,5-6,11-15,32H2,1-4H3,(H,36,44)(H,37,46)(H,38,43)(H,39,45)(H,41,42)(H,47,48)(H4,33,34,35)/t20-,21-,22-,23-,25-/m0/s1. The first kappa shape index (κ1) is 41.1. The quantitative estimate of drug-likeness (QED) is 0.0421. The molecule has 0 fully saturated rings. The molecule has 13 N–H and O–H groups in total. The molecule has 0 heterocycles.